The Balaban J connectivity index is 2.77. The largest absolute Gasteiger partial charge is 0.308 e. The van der Waals surface area contributed by atoms with Crippen LogP contribution in [-0.4, -0.2) is 12.4 Å². The molecule has 0 radical (unpaired) electrons. The van der Waals surface area contributed by atoms with Crippen molar-refractivity contribution >= 4 is 33.1 Å². The molecule has 0 bridgehead atoms. The van der Waals surface area contributed by atoms with Crippen molar-refractivity contribution < 1.29 is 0 Å². The zero-order valence-electron chi connectivity index (χ0n) is 7.38. The molecule has 3 N–H and O–H groups in total. The molecule has 0 aliphatic rings. The Hall–Kier alpha value is -0.390. The lowest BCUT2D eigenvalue weighted by atomic mass is 10.3. The molecule has 0 fully saturated rings. The molecule has 0 atom stereocenters. The Bertz CT molecular complexity index is 295. The zero-order valence-corrected chi connectivity index (χ0v) is 9.78. The number of hydrazine groups is 1. The molecule has 72 valence electrons. The third kappa shape index (κ3) is 3.10. The molecular formula is C8H12BrN3S. The van der Waals surface area contributed by atoms with Crippen LogP contribution in [0.25, 0.3) is 0 Å². The van der Waals surface area contributed by atoms with Crippen LogP contribution >= 0.6 is 27.3 Å². The summed E-state index contributed by atoms with van der Waals surface area (Å²) in [4.78, 5) is 4.31. The Kier molecular flexibility index (Phi) is 4.41. The van der Waals surface area contributed by atoms with E-state index in [4.69, 9.17) is 5.84 Å². The molecule has 0 aromatic carbocycles. The highest BCUT2D eigenvalue weighted by molar-refractivity contribution is 9.11. The number of hydrogen-bond acceptors (Lipinski definition) is 3. The average molecular weight is 262 g/mol. The predicted octanol–water partition coefficient (Wildman–Crippen LogP) is 2.13. The number of amidine groups is 1. The Morgan fingerprint density at radius 3 is 3.00 bits per heavy atom. The van der Waals surface area contributed by atoms with Gasteiger partial charge < -0.3 is 5.43 Å². The standard InChI is InChI=1S/C8H12BrN3S/c1-2-3-11-8(12-10)6-4-7(9)13-5-6/h4-5H,2-3,10H2,1H3,(H,11,12). The number of nitrogens with zero attached hydrogens (tertiary/aromatic N) is 1. The van der Waals surface area contributed by atoms with Crippen molar-refractivity contribution in [1.29, 1.82) is 0 Å². The molecule has 0 unspecified atom stereocenters. The minimum atomic E-state index is 0.754. The van der Waals surface area contributed by atoms with Crippen LogP contribution in [0.5, 0.6) is 0 Å². The molecule has 1 aromatic rings. The lowest BCUT2D eigenvalue weighted by molar-refractivity contribution is 0.908. The van der Waals surface area contributed by atoms with Crippen LogP contribution in [0, 0.1) is 0 Å². The van der Waals surface area contributed by atoms with E-state index in [1.165, 1.54) is 0 Å². The normalized spacial score (nSPS) is 11.8. The molecule has 0 saturated heterocycles. The van der Waals surface area contributed by atoms with Gasteiger partial charge in [0.1, 0.15) is 5.84 Å². The summed E-state index contributed by atoms with van der Waals surface area (Å²) >= 11 is 5.01. The van der Waals surface area contributed by atoms with E-state index < -0.39 is 0 Å². The van der Waals surface area contributed by atoms with Crippen molar-refractivity contribution in [1.82, 2.24) is 5.43 Å². The second-order valence-electron chi connectivity index (χ2n) is 2.51. The molecular weight excluding hydrogens is 250 g/mol. The molecule has 1 heterocycles. The Morgan fingerprint density at radius 2 is 2.54 bits per heavy atom. The van der Waals surface area contributed by atoms with Crippen molar-refractivity contribution in [3.8, 4) is 0 Å². The summed E-state index contributed by atoms with van der Waals surface area (Å²) in [5.74, 6) is 6.12. The van der Waals surface area contributed by atoms with Crippen molar-refractivity contribution in [2.45, 2.75) is 13.3 Å². The summed E-state index contributed by atoms with van der Waals surface area (Å²) in [6.45, 7) is 2.88. The zero-order chi connectivity index (χ0) is 9.68. The second-order valence-corrected chi connectivity index (χ2v) is 4.80. The monoisotopic (exact) mass is 261 g/mol. The van der Waals surface area contributed by atoms with Crippen LogP contribution in [0.15, 0.2) is 20.2 Å². The van der Waals surface area contributed by atoms with Crippen LogP contribution in [0.3, 0.4) is 0 Å². The molecule has 0 amide bonds. The summed E-state index contributed by atoms with van der Waals surface area (Å²) < 4.78 is 1.09. The molecule has 0 saturated carbocycles. The van der Waals surface area contributed by atoms with Crippen LogP contribution in [0.2, 0.25) is 0 Å². The summed E-state index contributed by atoms with van der Waals surface area (Å²) in [5.41, 5.74) is 3.64. The van der Waals surface area contributed by atoms with E-state index in [2.05, 4.69) is 33.3 Å². The van der Waals surface area contributed by atoms with E-state index in [1.54, 1.807) is 11.3 Å². The fourth-order valence-electron chi connectivity index (χ4n) is 0.878. The van der Waals surface area contributed by atoms with Gasteiger partial charge in [0.2, 0.25) is 0 Å². The number of halogens is 1. The SMILES string of the molecule is CCCN=C(NN)c1csc(Br)c1. The maximum atomic E-state index is 5.36. The quantitative estimate of drug-likeness (QED) is 0.379. The van der Waals surface area contributed by atoms with Gasteiger partial charge in [-0.3, -0.25) is 4.99 Å². The number of rotatable bonds is 3. The topological polar surface area (TPSA) is 50.4 Å². The van der Waals surface area contributed by atoms with Crippen molar-refractivity contribution in [2.24, 2.45) is 10.8 Å². The molecule has 3 nitrogen and oxygen atoms in total. The number of nitrogens with one attached hydrogen (secondary N) is 1. The first kappa shape index (κ1) is 10.7. The average Bonchev–Trinajstić information content (AvgIpc) is 2.54. The predicted molar refractivity (Wildman–Crippen MR) is 61.0 cm³/mol. The van der Waals surface area contributed by atoms with Gasteiger partial charge in [-0.1, -0.05) is 6.92 Å². The Labute approximate surface area is 90.2 Å². The fourth-order valence-corrected chi connectivity index (χ4v) is 2.02. The first-order valence-corrected chi connectivity index (χ1v) is 5.70. The van der Waals surface area contributed by atoms with Crippen LogP contribution in [-0.2, 0) is 0 Å². The minimum absolute atomic E-state index is 0.754. The molecule has 0 aliphatic heterocycles. The van der Waals surface area contributed by atoms with Crippen molar-refractivity contribution in [3.05, 3.63) is 20.8 Å². The summed E-state index contributed by atoms with van der Waals surface area (Å²) in [5, 5.41) is 2.01. The number of aliphatic imine (C=N–C) groups is 1. The first-order valence-electron chi connectivity index (χ1n) is 4.03. The highest BCUT2D eigenvalue weighted by Gasteiger charge is 2.03. The van der Waals surface area contributed by atoms with E-state index in [0.717, 1.165) is 28.2 Å². The number of thiophene rings is 1. The molecule has 5 heteroatoms. The van der Waals surface area contributed by atoms with Crippen molar-refractivity contribution in [3.63, 3.8) is 0 Å². The summed E-state index contributed by atoms with van der Waals surface area (Å²) in [6.07, 6.45) is 1.02. The van der Waals surface area contributed by atoms with E-state index >= 15 is 0 Å². The third-order valence-corrected chi connectivity index (χ3v) is 2.98. The third-order valence-electron chi connectivity index (χ3n) is 1.47. The van der Waals surface area contributed by atoms with E-state index in [0.29, 0.717) is 0 Å². The molecule has 0 spiro atoms. The van der Waals surface area contributed by atoms with Gasteiger partial charge in [0, 0.05) is 17.5 Å². The van der Waals surface area contributed by atoms with Crippen LogP contribution in [0.4, 0.5) is 0 Å². The van der Waals surface area contributed by atoms with Gasteiger partial charge in [0.05, 0.1) is 3.79 Å². The molecule has 1 rings (SSSR count). The van der Waals surface area contributed by atoms with E-state index in [-0.39, 0.29) is 0 Å². The lowest BCUT2D eigenvalue weighted by Crippen LogP contribution is -2.31. The minimum Gasteiger partial charge on any atom is -0.308 e. The van der Waals surface area contributed by atoms with Gasteiger partial charge in [-0.05, 0) is 28.4 Å². The highest BCUT2D eigenvalue weighted by Crippen LogP contribution is 2.20. The van der Waals surface area contributed by atoms with Gasteiger partial charge in [-0.25, -0.2) is 5.84 Å². The van der Waals surface area contributed by atoms with Gasteiger partial charge in [0.15, 0.2) is 0 Å². The van der Waals surface area contributed by atoms with E-state index in [1.807, 2.05) is 11.4 Å². The maximum absolute atomic E-state index is 5.36. The van der Waals surface area contributed by atoms with Gasteiger partial charge in [0.25, 0.3) is 0 Å². The smallest absolute Gasteiger partial charge is 0.143 e. The number of nitrogens with two attached hydrogens (primary N) is 1. The molecule has 13 heavy (non-hydrogen) atoms. The second kappa shape index (κ2) is 5.36. The van der Waals surface area contributed by atoms with Gasteiger partial charge >= 0.3 is 0 Å². The fraction of sp³-hybridized carbons (Fsp3) is 0.375. The molecule has 0 aliphatic carbocycles. The number of hydrogen-bond donors (Lipinski definition) is 2. The molecule has 1 aromatic heterocycles. The van der Waals surface area contributed by atoms with E-state index in [9.17, 15) is 0 Å². The van der Waals surface area contributed by atoms with Crippen LogP contribution in [0.1, 0.15) is 18.9 Å². The van der Waals surface area contributed by atoms with Gasteiger partial charge in [-0.15, -0.1) is 11.3 Å². The maximum Gasteiger partial charge on any atom is 0.143 e. The highest BCUT2D eigenvalue weighted by atomic mass is 79.9. The lowest BCUT2D eigenvalue weighted by Gasteiger charge is -2.01. The summed E-state index contributed by atoms with van der Waals surface area (Å²) in [7, 11) is 0. The summed E-state index contributed by atoms with van der Waals surface area (Å²) in [6, 6.07) is 2.00. The van der Waals surface area contributed by atoms with Crippen molar-refractivity contribution in [2.75, 3.05) is 6.54 Å². The Morgan fingerprint density at radius 1 is 1.77 bits per heavy atom. The van der Waals surface area contributed by atoms with Crippen LogP contribution < -0.4 is 11.3 Å². The van der Waals surface area contributed by atoms with Gasteiger partial charge in [-0.2, -0.15) is 0 Å². The first-order chi connectivity index (χ1) is 6.27.